The van der Waals surface area contributed by atoms with E-state index in [1.165, 1.54) is 56.1 Å². The standard InChI is InChI=1S/C18H26/c1-13-9-14(2)11-18(10-13)17-8-7-15-5-3-4-6-16(15)12-17/h9-11,15-17H,3-8,12H2,1-2H3. The zero-order chi connectivity index (χ0) is 12.5. The van der Waals surface area contributed by atoms with Crippen molar-refractivity contribution in [3.8, 4) is 0 Å². The summed E-state index contributed by atoms with van der Waals surface area (Å²) in [6.07, 6.45) is 10.4. The molecule has 0 aromatic heterocycles. The van der Waals surface area contributed by atoms with E-state index in [9.17, 15) is 0 Å². The number of hydrogen-bond donors (Lipinski definition) is 0. The largest absolute Gasteiger partial charge is 0.0564 e. The van der Waals surface area contributed by atoms with E-state index in [4.69, 9.17) is 0 Å². The third-order valence-electron chi connectivity index (χ3n) is 5.26. The van der Waals surface area contributed by atoms with Crippen molar-refractivity contribution in [2.75, 3.05) is 0 Å². The van der Waals surface area contributed by atoms with E-state index in [1.54, 1.807) is 5.56 Å². The molecule has 1 aromatic carbocycles. The van der Waals surface area contributed by atoms with E-state index in [0.717, 1.165) is 17.8 Å². The lowest BCUT2D eigenvalue weighted by atomic mass is 9.66. The Morgan fingerprint density at radius 2 is 1.44 bits per heavy atom. The first-order chi connectivity index (χ1) is 8.72. The molecule has 0 N–H and O–H groups in total. The number of fused-ring (bicyclic) bond motifs is 1. The highest BCUT2D eigenvalue weighted by Gasteiger charge is 2.32. The zero-order valence-corrected chi connectivity index (χ0v) is 11.9. The van der Waals surface area contributed by atoms with Crippen LogP contribution in [0.25, 0.3) is 0 Å². The van der Waals surface area contributed by atoms with Gasteiger partial charge in [0.15, 0.2) is 0 Å². The summed E-state index contributed by atoms with van der Waals surface area (Å²) in [5.74, 6) is 2.96. The molecule has 0 saturated heterocycles. The minimum atomic E-state index is 0.850. The van der Waals surface area contributed by atoms with Crippen LogP contribution in [0.2, 0.25) is 0 Å². The Kier molecular flexibility index (Phi) is 3.46. The Morgan fingerprint density at radius 1 is 0.778 bits per heavy atom. The van der Waals surface area contributed by atoms with Crippen molar-refractivity contribution in [3.63, 3.8) is 0 Å². The molecule has 0 amide bonds. The molecule has 3 atom stereocenters. The monoisotopic (exact) mass is 242 g/mol. The topological polar surface area (TPSA) is 0 Å². The molecule has 2 saturated carbocycles. The molecule has 0 bridgehead atoms. The van der Waals surface area contributed by atoms with Gasteiger partial charge >= 0.3 is 0 Å². The highest BCUT2D eigenvalue weighted by atomic mass is 14.4. The molecule has 98 valence electrons. The van der Waals surface area contributed by atoms with Gasteiger partial charge in [-0.1, -0.05) is 55.0 Å². The van der Waals surface area contributed by atoms with Gasteiger partial charge in [0.05, 0.1) is 0 Å². The minimum Gasteiger partial charge on any atom is -0.0564 e. The summed E-state index contributed by atoms with van der Waals surface area (Å²) in [5, 5.41) is 0. The van der Waals surface area contributed by atoms with E-state index in [0.29, 0.717) is 0 Å². The van der Waals surface area contributed by atoms with Gasteiger partial charge in [0.2, 0.25) is 0 Å². The lowest BCUT2D eigenvalue weighted by Crippen LogP contribution is -2.26. The molecule has 0 heteroatoms. The van der Waals surface area contributed by atoms with Crippen LogP contribution in [0, 0.1) is 25.7 Å². The SMILES string of the molecule is Cc1cc(C)cc(C2CCC3CCCCC3C2)c1. The molecule has 3 rings (SSSR count). The number of hydrogen-bond acceptors (Lipinski definition) is 0. The van der Waals surface area contributed by atoms with E-state index in [2.05, 4.69) is 32.0 Å². The van der Waals surface area contributed by atoms with E-state index < -0.39 is 0 Å². The van der Waals surface area contributed by atoms with Crippen LogP contribution in [0.4, 0.5) is 0 Å². The predicted molar refractivity (Wildman–Crippen MR) is 78.0 cm³/mol. The average molecular weight is 242 g/mol. The Balaban J connectivity index is 1.76. The van der Waals surface area contributed by atoms with Crippen LogP contribution >= 0.6 is 0 Å². The van der Waals surface area contributed by atoms with Crippen molar-refractivity contribution in [1.82, 2.24) is 0 Å². The second-order valence-electron chi connectivity index (χ2n) is 6.74. The molecule has 0 aliphatic heterocycles. The first-order valence-electron chi connectivity index (χ1n) is 7.80. The molecule has 0 heterocycles. The van der Waals surface area contributed by atoms with Gasteiger partial charge in [-0.05, 0) is 56.4 Å². The lowest BCUT2D eigenvalue weighted by Gasteiger charge is -2.39. The van der Waals surface area contributed by atoms with Gasteiger partial charge in [0.25, 0.3) is 0 Å². The fourth-order valence-corrected chi connectivity index (χ4v) is 4.42. The second-order valence-corrected chi connectivity index (χ2v) is 6.74. The van der Waals surface area contributed by atoms with Crippen molar-refractivity contribution < 1.29 is 0 Å². The van der Waals surface area contributed by atoms with Gasteiger partial charge in [-0.15, -0.1) is 0 Å². The van der Waals surface area contributed by atoms with Gasteiger partial charge in [-0.2, -0.15) is 0 Å². The summed E-state index contributed by atoms with van der Waals surface area (Å²) < 4.78 is 0. The first kappa shape index (κ1) is 12.3. The Labute approximate surface area is 112 Å². The third kappa shape index (κ3) is 2.48. The molecule has 3 unspecified atom stereocenters. The molecule has 2 fully saturated rings. The van der Waals surface area contributed by atoms with Crippen molar-refractivity contribution in [2.24, 2.45) is 11.8 Å². The normalized spacial score (nSPS) is 32.0. The van der Waals surface area contributed by atoms with Crippen LogP contribution in [0.15, 0.2) is 18.2 Å². The summed E-state index contributed by atoms with van der Waals surface area (Å²) in [6.45, 7) is 4.48. The van der Waals surface area contributed by atoms with Gasteiger partial charge < -0.3 is 0 Å². The summed E-state index contributed by atoms with van der Waals surface area (Å²) in [6, 6.07) is 7.16. The molecule has 0 radical (unpaired) electrons. The van der Waals surface area contributed by atoms with Gasteiger partial charge in [0.1, 0.15) is 0 Å². The molecule has 18 heavy (non-hydrogen) atoms. The van der Waals surface area contributed by atoms with Crippen LogP contribution in [0.3, 0.4) is 0 Å². The van der Waals surface area contributed by atoms with Crippen molar-refractivity contribution in [1.29, 1.82) is 0 Å². The number of benzene rings is 1. The van der Waals surface area contributed by atoms with Crippen LogP contribution in [-0.2, 0) is 0 Å². The Hall–Kier alpha value is -0.780. The molecule has 1 aromatic rings. The van der Waals surface area contributed by atoms with Crippen LogP contribution in [0.1, 0.15) is 67.6 Å². The third-order valence-corrected chi connectivity index (χ3v) is 5.26. The first-order valence-corrected chi connectivity index (χ1v) is 7.80. The minimum absolute atomic E-state index is 0.850. The fraction of sp³-hybridized carbons (Fsp3) is 0.667. The maximum atomic E-state index is 2.43. The average Bonchev–Trinajstić information content (AvgIpc) is 2.37. The zero-order valence-electron chi connectivity index (χ0n) is 11.9. The van der Waals surface area contributed by atoms with Crippen molar-refractivity contribution in [3.05, 3.63) is 34.9 Å². The summed E-state index contributed by atoms with van der Waals surface area (Å²) in [4.78, 5) is 0. The van der Waals surface area contributed by atoms with Crippen molar-refractivity contribution in [2.45, 2.75) is 64.7 Å². The number of rotatable bonds is 1. The quantitative estimate of drug-likeness (QED) is 0.620. The molecule has 0 spiro atoms. The van der Waals surface area contributed by atoms with Crippen molar-refractivity contribution >= 4 is 0 Å². The Morgan fingerprint density at radius 3 is 2.17 bits per heavy atom. The van der Waals surface area contributed by atoms with Crippen LogP contribution in [-0.4, -0.2) is 0 Å². The molecular formula is C18H26. The summed E-state index contributed by atoms with van der Waals surface area (Å²) in [5.41, 5.74) is 4.50. The molecular weight excluding hydrogens is 216 g/mol. The Bertz CT molecular complexity index is 398. The van der Waals surface area contributed by atoms with Gasteiger partial charge in [-0.25, -0.2) is 0 Å². The second kappa shape index (κ2) is 5.07. The van der Waals surface area contributed by atoms with E-state index in [1.807, 2.05) is 0 Å². The summed E-state index contributed by atoms with van der Waals surface area (Å²) >= 11 is 0. The fourth-order valence-electron chi connectivity index (χ4n) is 4.42. The van der Waals surface area contributed by atoms with E-state index in [-0.39, 0.29) is 0 Å². The highest BCUT2D eigenvalue weighted by molar-refractivity contribution is 5.31. The van der Waals surface area contributed by atoms with Gasteiger partial charge in [-0.3, -0.25) is 0 Å². The lowest BCUT2D eigenvalue weighted by molar-refractivity contribution is 0.155. The molecule has 2 aliphatic carbocycles. The van der Waals surface area contributed by atoms with Crippen LogP contribution in [0.5, 0.6) is 0 Å². The molecule has 0 nitrogen and oxygen atoms in total. The maximum Gasteiger partial charge on any atom is -0.0159 e. The van der Waals surface area contributed by atoms with Gasteiger partial charge in [0, 0.05) is 0 Å². The maximum absolute atomic E-state index is 2.43. The predicted octanol–water partition coefficient (Wildman–Crippen LogP) is 5.38. The van der Waals surface area contributed by atoms with E-state index >= 15 is 0 Å². The smallest absolute Gasteiger partial charge is 0.0159 e. The molecule has 2 aliphatic rings. The van der Waals surface area contributed by atoms with Crippen LogP contribution < -0.4 is 0 Å². The summed E-state index contributed by atoms with van der Waals surface area (Å²) in [7, 11) is 0. The highest BCUT2D eigenvalue weighted by Crippen LogP contribution is 2.46. The number of aryl methyl sites for hydroxylation is 2.